The van der Waals surface area contributed by atoms with Crippen LogP contribution in [0, 0.1) is 0 Å². The highest BCUT2D eigenvalue weighted by atomic mass is 32.2. The molecule has 30 heavy (non-hydrogen) atoms. The van der Waals surface area contributed by atoms with Crippen molar-refractivity contribution in [3.05, 3.63) is 52.9 Å². The van der Waals surface area contributed by atoms with E-state index in [1.165, 1.54) is 10.5 Å². The third-order valence-electron chi connectivity index (χ3n) is 4.51. The third-order valence-corrected chi connectivity index (χ3v) is 8.39. The Bertz CT molecular complexity index is 1070. The van der Waals surface area contributed by atoms with Crippen LogP contribution < -0.4 is 10.8 Å². The van der Waals surface area contributed by atoms with Gasteiger partial charge >= 0.3 is 5.97 Å². The SMILES string of the molecule is NO.O=C(O)c1cnc(N2CCN(S(=O)(=O)c3ccc(-c4cccs4)cc3)CC2)s1. The highest BCUT2D eigenvalue weighted by Gasteiger charge is 2.29. The van der Waals surface area contributed by atoms with Crippen LogP contribution in [0.1, 0.15) is 9.67 Å². The molecule has 0 atom stereocenters. The van der Waals surface area contributed by atoms with Crippen LogP contribution in [0.25, 0.3) is 10.4 Å². The molecule has 0 bridgehead atoms. The van der Waals surface area contributed by atoms with Crippen LogP contribution in [0.15, 0.2) is 52.9 Å². The summed E-state index contributed by atoms with van der Waals surface area (Å²) in [6, 6.07) is 10.9. The van der Waals surface area contributed by atoms with Crippen molar-refractivity contribution in [2.45, 2.75) is 4.90 Å². The van der Waals surface area contributed by atoms with Gasteiger partial charge in [0.05, 0.1) is 11.1 Å². The minimum atomic E-state index is -3.56. The first kappa shape index (κ1) is 22.3. The maximum atomic E-state index is 12.9. The van der Waals surface area contributed by atoms with Gasteiger partial charge in [0.2, 0.25) is 10.0 Å². The van der Waals surface area contributed by atoms with E-state index in [-0.39, 0.29) is 9.77 Å². The Morgan fingerprint density at radius 1 is 1.07 bits per heavy atom. The van der Waals surface area contributed by atoms with E-state index >= 15 is 0 Å². The summed E-state index contributed by atoms with van der Waals surface area (Å²) in [7, 11) is -3.56. The maximum absolute atomic E-state index is 12.9. The van der Waals surface area contributed by atoms with Gasteiger partial charge in [-0.2, -0.15) is 4.31 Å². The Morgan fingerprint density at radius 2 is 1.73 bits per heavy atom. The van der Waals surface area contributed by atoms with E-state index in [0.717, 1.165) is 21.8 Å². The maximum Gasteiger partial charge on any atom is 0.347 e. The summed E-state index contributed by atoms with van der Waals surface area (Å²) >= 11 is 2.71. The first-order valence-electron chi connectivity index (χ1n) is 8.79. The normalized spacial score (nSPS) is 14.8. The van der Waals surface area contributed by atoms with E-state index in [4.69, 9.17) is 10.3 Å². The number of anilines is 1. The molecule has 0 saturated carbocycles. The van der Waals surface area contributed by atoms with Crippen LogP contribution in [0.4, 0.5) is 5.13 Å². The number of hydrogen-bond donors (Lipinski definition) is 3. The van der Waals surface area contributed by atoms with Crippen LogP contribution in [-0.2, 0) is 10.0 Å². The molecular weight excluding hydrogens is 448 g/mol. The van der Waals surface area contributed by atoms with E-state index in [9.17, 15) is 13.2 Å². The van der Waals surface area contributed by atoms with Gasteiger partial charge in [0.1, 0.15) is 4.88 Å². The predicted molar refractivity (Wildman–Crippen MR) is 116 cm³/mol. The zero-order chi connectivity index (χ0) is 21.7. The number of rotatable bonds is 5. The molecule has 160 valence electrons. The lowest BCUT2D eigenvalue weighted by Gasteiger charge is -2.33. The summed E-state index contributed by atoms with van der Waals surface area (Å²) in [6.07, 6.45) is 1.33. The molecule has 1 aliphatic heterocycles. The number of carbonyl (C=O) groups is 1. The summed E-state index contributed by atoms with van der Waals surface area (Å²) < 4.78 is 27.3. The number of carboxylic acids is 1. The van der Waals surface area contributed by atoms with Gasteiger partial charge in [-0.25, -0.2) is 24.1 Å². The van der Waals surface area contributed by atoms with Gasteiger partial charge < -0.3 is 15.2 Å². The van der Waals surface area contributed by atoms with Crippen molar-refractivity contribution in [1.29, 1.82) is 0 Å². The summed E-state index contributed by atoms with van der Waals surface area (Å²) in [5.74, 6) is 2.50. The molecule has 12 heteroatoms. The number of hydrogen-bond acceptors (Lipinski definition) is 9. The van der Waals surface area contributed by atoms with E-state index in [1.54, 1.807) is 23.5 Å². The highest BCUT2D eigenvalue weighted by molar-refractivity contribution is 7.89. The molecule has 0 unspecified atom stereocenters. The molecule has 3 heterocycles. The lowest BCUT2D eigenvalue weighted by atomic mass is 10.2. The molecule has 1 aliphatic rings. The zero-order valence-electron chi connectivity index (χ0n) is 15.7. The summed E-state index contributed by atoms with van der Waals surface area (Å²) in [5, 5.41) is 18.1. The van der Waals surface area contributed by atoms with E-state index in [2.05, 4.69) is 10.9 Å². The zero-order valence-corrected chi connectivity index (χ0v) is 18.2. The Kier molecular flexibility index (Phi) is 7.18. The van der Waals surface area contributed by atoms with Gasteiger partial charge in [0.15, 0.2) is 5.13 Å². The number of piperazine rings is 1. The number of nitrogens with two attached hydrogens (primary N) is 1. The molecule has 4 N–H and O–H groups in total. The fourth-order valence-electron chi connectivity index (χ4n) is 3.01. The number of thiazole rings is 1. The second kappa shape index (κ2) is 9.64. The summed E-state index contributed by atoms with van der Waals surface area (Å²) in [4.78, 5) is 18.6. The molecule has 4 rings (SSSR count). The summed E-state index contributed by atoms with van der Waals surface area (Å²) in [5.41, 5.74) is 0.997. The van der Waals surface area contributed by atoms with E-state index < -0.39 is 16.0 Å². The van der Waals surface area contributed by atoms with Crippen molar-refractivity contribution in [2.24, 2.45) is 5.90 Å². The van der Waals surface area contributed by atoms with E-state index in [1.807, 2.05) is 34.5 Å². The molecule has 0 aliphatic carbocycles. The Morgan fingerprint density at radius 3 is 2.27 bits per heavy atom. The molecule has 2 aromatic heterocycles. The van der Waals surface area contributed by atoms with Crippen molar-refractivity contribution >= 4 is 43.8 Å². The minimum absolute atomic E-state index is 0.177. The number of sulfonamides is 1. The van der Waals surface area contributed by atoms with Crippen LogP contribution in [0.3, 0.4) is 0 Å². The first-order chi connectivity index (χ1) is 14.4. The Hall–Kier alpha value is -2.35. The van der Waals surface area contributed by atoms with Crippen molar-refractivity contribution < 1.29 is 23.5 Å². The van der Waals surface area contributed by atoms with E-state index in [0.29, 0.717) is 31.3 Å². The number of aromatic nitrogens is 1. The van der Waals surface area contributed by atoms with Gasteiger partial charge in [-0.3, -0.25) is 0 Å². The number of benzene rings is 1. The molecule has 0 amide bonds. The van der Waals surface area contributed by atoms with Gasteiger partial charge in [-0.05, 0) is 29.1 Å². The van der Waals surface area contributed by atoms with Crippen LogP contribution in [-0.4, -0.2) is 60.2 Å². The van der Waals surface area contributed by atoms with Crippen LogP contribution in [0.2, 0.25) is 0 Å². The molecule has 0 radical (unpaired) electrons. The topological polar surface area (TPSA) is 137 Å². The van der Waals surface area contributed by atoms with Gasteiger partial charge in [-0.1, -0.05) is 29.5 Å². The molecular formula is C18H20N4O5S3. The largest absolute Gasteiger partial charge is 0.477 e. The van der Waals surface area contributed by atoms with Gasteiger partial charge in [0.25, 0.3) is 0 Å². The van der Waals surface area contributed by atoms with Crippen molar-refractivity contribution in [3.8, 4) is 10.4 Å². The predicted octanol–water partition coefficient (Wildman–Crippen LogP) is 2.42. The first-order valence-corrected chi connectivity index (χ1v) is 11.9. The number of nitrogens with zero attached hydrogens (tertiary/aromatic N) is 3. The van der Waals surface area contributed by atoms with Crippen molar-refractivity contribution in [3.63, 3.8) is 0 Å². The fourth-order valence-corrected chi connectivity index (χ4v) is 5.97. The Balaban J connectivity index is 0.00000124. The fraction of sp³-hybridized carbons (Fsp3) is 0.222. The standard InChI is InChI=1S/C18H17N3O4S3.H3NO/c22-17(23)16-12-19-18(27-16)20-7-9-21(10-8-20)28(24,25)14-5-3-13(4-6-14)15-2-1-11-26-15;1-2/h1-6,11-12H,7-10H2,(H,22,23);2H,1H2. The molecule has 0 spiro atoms. The molecule has 1 fully saturated rings. The average molecular weight is 469 g/mol. The molecule has 1 saturated heterocycles. The van der Waals surface area contributed by atoms with Crippen LogP contribution in [0.5, 0.6) is 0 Å². The van der Waals surface area contributed by atoms with Crippen molar-refractivity contribution in [1.82, 2.24) is 9.29 Å². The molecule has 9 nitrogen and oxygen atoms in total. The molecule has 3 aromatic rings. The van der Waals surface area contributed by atoms with Gasteiger partial charge in [-0.15, -0.1) is 11.3 Å². The minimum Gasteiger partial charge on any atom is -0.477 e. The van der Waals surface area contributed by atoms with Crippen molar-refractivity contribution in [2.75, 3.05) is 31.1 Å². The average Bonchev–Trinajstić information content (AvgIpc) is 3.48. The lowest BCUT2D eigenvalue weighted by molar-refractivity contribution is 0.0702. The smallest absolute Gasteiger partial charge is 0.347 e. The second-order valence-electron chi connectivity index (χ2n) is 6.21. The second-order valence-corrected chi connectivity index (χ2v) is 10.1. The monoisotopic (exact) mass is 468 g/mol. The van der Waals surface area contributed by atoms with Gasteiger partial charge in [0, 0.05) is 31.1 Å². The number of thiophene rings is 1. The lowest BCUT2D eigenvalue weighted by Crippen LogP contribution is -2.48. The number of aromatic carboxylic acids is 1. The highest BCUT2D eigenvalue weighted by Crippen LogP contribution is 2.28. The third kappa shape index (κ3) is 4.69. The Labute approximate surface area is 181 Å². The molecule has 1 aromatic carbocycles. The summed E-state index contributed by atoms with van der Waals surface area (Å²) in [6.45, 7) is 1.60. The number of carboxylic acid groups (broad SMARTS) is 1. The van der Waals surface area contributed by atoms with Crippen LogP contribution >= 0.6 is 22.7 Å². The quantitative estimate of drug-likeness (QED) is 0.486.